The molecule has 0 unspecified atom stereocenters. The van der Waals surface area contributed by atoms with E-state index in [1.165, 1.54) is 68.9 Å². The van der Waals surface area contributed by atoms with Gasteiger partial charge in [-0.2, -0.15) is 0 Å². The minimum Gasteiger partial charge on any atom is -0.309 e. The molecule has 1 aliphatic heterocycles. The zero-order valence-electron chi connectivity index (χ0n) is 30.2. The Morgan fingerprint density at radius 3 is 1.93 bits per heavy atom. The van der Waals surface area contributed by atoms with Gasteiger partial charge < -0.3 is 4.90 Å². The second-order valence-electron chi connectivity index (χ2n) is 14.6. The summed E-state index contributed by atoms with van der Waals surface area (Å²) in [6, 6.07) is 59.8. The third-order valence-electron chi connectivity index (χ3n) is 11.1. The number of rotatable bonds is 5. The first-order valence-corrected chi connectivity index (χ1v) is 20.1. The second kappa shape index (κ2) is 12.9. The number of benzene rings is 7. The van der Waals surface area contributed by atoms with Crippen LogP contribution in [0.1, 0.15) is 30.5 Å². The highest BCUT2D eigenvalue weighted by Gasteiger charge is 2.38. The van der Waals surface area contributed by atoms with Crippen molar-refractivity contribution in [2.45, 2.75) is 24.2 Å². The number of thiophene rings is 1. The number of allylic oxidation sites excluding steroid dienone is 4. The Balaban J connectivity index is 1.14. The lowest BCUT2D eigenvalue weighted by Crippen LogP contribution is -2.16. The van der Waals surface area contributed by atoms with Crippen molar-refractivity contribution >= 4 is 70.8 Å². The Morgan fingerprint density at radius 1 is 0.519 bits per heavy atom. The van der Waals surface area contributed by atoms with Crippen LogP contribution >= 0.6 is 23.1 Å². The highest BCUT2D eigenvalue weighted by Crippen LogP contribution is 2.57. The molecule has 0 N–H and O–H groups in total. The van der Waals surface area contributed by atoms with Crippen molar-refractivity contribution in [3.8, 4) is 22.3 Å². The lowest BCUT2D eigenvalue weighted by molar-refractivity contribution is 0.654. The molecule has 0 fully saturated rings. The number of thioether (sulfide) groups is 1. The molecule has 0 radical (unpaired) electrons. The molecule has 8 aromatic rings. The fraction of sp³-hybridized carbons (Fsp3) is 0.0588. The predicted octanol–water partition coefficient (Wildman–Crippen LogP) is 15.2. The molecule has 1 aliphatic carbocycles. The second-order valence-corrected chi connectivity index (χ2v) is 16.7. The number of hydrogen-bond acceptors (Lipinski definition) is 3. The lowest BCUT2D eigenvalue weighted by atomic mass is 9.81. The summed E-state index contributed by atoms with van der Waals surface area (Å²) in [6.07, 6.45) is 4.52. The molecule has 1 nitrogen and oxygen atoms in total. The summed E-state index contributed by atoms with van der Waals surface area (Å²) in [5, 5.41) is 2.64. The predicted molar refractivity (Wildman–Crippen MR) is 235 cm³/mol. The van der Waals surface area contributed by atoms with Crippen molar-refractivity contribution in [1.82, 2.24) is 0 Å². The maximum atomic E-state index is 4.60. The van der Waals surface area contributed by atoms with Crippen molar-refractivity contribution in [2.75, 3.05) is 4.90 Å². The molecule has 0 saturated heterocycles. The molecule has 0 spiro atoms. The van der Waals surface area contributed by atoms with Crippen LogP contribution in [-0.2, 0) is 5.41 Å². The van der Waals surface area contributed by atoms with Gasteiger partial charge in [-0.3, -0.25) is 0 Å². The Kier molecular flexibility index (Phi) is 7.83. The third kappa shape index (κ3) is 5.30. The van der Waals surface area contributed by atoms with Crippen molar-refractivity contribution in [3.63, 3.8) is 0 Å². The summed E-state index contributed by atoms with van der Waals surface area (Å²) in [6.45, 7) is 9.29. The van der Waals surface area contributed by atoms with Crippen LogP contribution in [0.2, 0.25) is 0 Å². The SMILES string of the molecule is C=C1/C=C\C2=C(Sc3c1cccc3N(c1ccc(-c3ccccc3)cc1)c1ccc(-c3cccc4c3sc3ccccc34)cc1)c1ccccc1C2(C)C. The Hall–Kier alpha value is -5.87. The molecule has 1 aromatic heterocycles. The molecule has 2 aliphatic rings. The van der Waals surface area contributed by atoms with Crippen LogP contribution in [0.5, 0.6) is 0 Å². The Bertz CT molecular complexity index is 2820. The van der Waals surface area contributed by atoms with Gasteiger partial charge in [-0.1, -0.05) is 172 Å². The van der Waals surface area contributed by atoms with Gasteiger partial charge in [0, 0.05) is 46.8 Å². The summed E-state index contributed by atoms with van der Waals surface area (Å²) >= 11 is 3.76. The van der Waals surface area contributed by atoms with Crippen molar-refractivity contribution in [1.29, 1.82) is 0 Å². The molecule has 0 saturated carbocycles. The molecule has 10 rings (SSSR count). The number of fused-ring (bicyclic) bond motifs is 6. The average Bonchev–Trinajstić information content (AvgIpc) is 3.69. The highest BCUT2D eigenvalue weighted by molar-refractivity contribution is 8.08. The van der Waals surface area contributed by atoms with E-state index in [9.17, 15) is 0 Å². The topological polar surface area (TPSA) is 3.24 Å². The van der Waals surface area contributed by atoms with Gasteiger partial charge in [0.1, 0.15) is 0 Å². The summed E-state index contributed by atoms with van der Waals surface area (Å²) < 4.78 is 2.65. The van der Waals surface area contributed by atoms with E-state index in [1.807, 2.05) is 23.1 Å². The molecule has 7 aromatic carbocycles. The zero-order valence-corrected chi connectivity index (χ0v) is 31.8. The molecule has 0 amide bonds. The summed E-state index contributed by atoms with van der Waals surface area (Å²) in [7, 11) is 0. The van der Waals surface area contributed by atoms with Gasteiger partial charge in [-0.05, 0) is 86.5 Å². The van der Waals surface area contributed by atoms with Crippen LogP contribution in [0.3, 0.4) is 0 Å². The van der Waals surface area contributed by atoms with E-state index < -0.39 is 0 Å². The minimum absolute atomic E-state index is 0.109. The molecule has 2 heterocycles. The minimum atomic E-state index is -0.109. The van der Waals surface area contributed by atoms with E-state index in [4.69, 9.17) is 0 Å². The van der Waals surface area contributed by atoms with Gasteiger partial charge in [0.25, 0.3) is 0 Å². The molecule has 258 valence electrons. The first kappa shape index (κ1) is 32.8. The first-order valence-electron chi connectivity index (χ1n) is 18.4. The fourth-order valence-electron chi connectivity index (χ4n) is 8.26. The van der Waals surface area contributed by atoms with Crippen LogP contribution in [-0.4, -0.2) is 0 Å². The summed E-state index contributed by atoms with van der Waals surface area (Å²) in [4.78, 5) is 4.95. The van der Waals surface area contributed by atoms with E-state index in [1.54, 1.807) is 0 Å². The van der Waals surface area contributed by atoms with Crippen molar-refractivity contribution in [2.24, 2.45) is 0 Å². The third-order valence-corrected chi connectivity index (χ3v) is 13.6. The van der Waals surface area contributed by atoms with Gasteiger partial charge in [-0.25, -0.2) is 0 Å². The Morgan fingerprint density at radius 2 is 1.13 bits per heavy atom. The van der Waals surface area contributed by atoms with E-state index in [2.05, 4.69) is 201 Å². The van der Waals surface area contributed by atoms with Crippen LogP contribution < -0.4 is 4.90 Å². The molecule has 0 bridgehead atoms. The first-order chi connectivity index (χ1) is 26.5. The van der Waals surface area contributed by atoms with Crippen LogP contribution in [0.4, 0.5) is 17.1 Å². The van der Waals surface area contributed by atoms with Gasteiger partial charge >= 0.3 is 0 Å². The van der Waals surface area contributed by atoms with Gasteiger partial charge in [0.15, 0.2) is 0 Å². The van der Waals surface area contributed by atoms with Crippen molar-refractivity contribution < 1.29 is 0 Å². The summed E-state index contributed by atoms with van der Waals surface area (Å²) in [5.74, 6) is 0. The van der Waals surface area contributed by atoms with Crippen LogP contribution in [0, 0.1) is 0 Å². The molecular weight excluding hydrogens is 691 g/mol. The zero-order chi connectivity index (χ0) is 36.4. The maximum Gasteiger partial charge on any atom is 0.0607 e. The highest BCUT2D eigenvalue weighted by atomic mass is 32.2. The quantitative estimate of drug-likeness (QED) is 0.174. The summed E-state index contributed by atoms with van der Waals surface area (Å²) in [5.41, 5.74) is 14.3. The number of hydrogen-bond donors (Lipinski definition) is 0. The van der Waals surface area contributed by atoms with E-state index in [-0.39, 0.29) is 5.41 Å². The maximum absolute atomic E-state index is 4.60. The standard InChI is InChI=1S/C51H37NS2/c1-33-23-32-45-49(43-16-7-9-20-44(43)51(45,2)3)54-50-39(33)17-12-21-46(50)52(37-28-24-35(25-29-37)34-13-5-4-6-14-34)38-30-26-36(27-31-38)40-18-11-19-42-41-15-8-10-22-47(41)53-48(40)42/h4-32H,1H2,2-3H3/b32-23-. The largest absolute Gasteiger partial charge is 0.309 e. The molecular formula is C51H37NS2. The van der Waals surface area contributed by atoms with Crippen LogP contribution in [0.15, 0.2) is 193 Å². The molecule has 0 atom stereocenters. The number of nitrogens with zero attached hydrogens (tertiary/aromatic N) is 1. The Labute approximate surface area is 325 Å². The number of anilines is 3. The van der Waals surface area contributed by atoms with Crippen LogP contribution in [0.25, 0.3) is 52.9 Å². The molecule has 54 heavy (non-hydrogen) atoms. The molecule has 3 heteroatoms. The lowest BCUT2D eigenvalue weighted by Gasteiger charge is -2.30. The fourth-order valence-corrected chi connectivity index (χ4v) is 11.0. The average molecular weight is 728 g/mol. The van der Waals surface area contributed by atoms with Gasteiger partial charge in [-0.15, -0.1) is 11.3 Å². The van der Waals surface area contributed by atoms with Gasteiger partial charge in [0.05, 0.1) is 5.69 Å². The smallest absolute Gasteiger partial charge is 0.0607 e. The normalized spacial score (nSPS) is 15.0. The monoisotopic (exact) mass is 727 g/mol. The van der Waals surface area contributed by atoms with Gasteiger partial charge in [0.2, 0.25) is 0 Å². The van der Waals surface area contributed by atoms with E-state index >= 15 is 0 Å². The van der Waals surface area contributed by atoms with E-state index in [0.29, 0.717) is 0 Å². The van der Waals surface area contributed by atoms with E-state index in [0.717, 1.165) is 28.2 Å². The van der Waals surface area contributed by atoms with Crippen molar-refractivity contribution in [3.05, 3.63) is 205 Å².